The summed E-state index contributed by atoms with van der Waals surface area (Å²) in [4.78, 5) is 26.3. The Bertz CT molecular complexity index is 1330. The van der Waals surface area contributed by atoms with Crippen LogP contribution in [0, 0.1) is 5.92 Å². The molecule has 4 rings (SSSR count). The molecule has 6 N–H and O–H groups in total. The van der Waals surface area contributed by atoms with Crippen molar-refractivity contribution in [3.63, 3.8) is 0 Å². The lowest BCUT2D eigenvalue weighted by Gasteiger charge is -2.40. The van der Waals surface area contributed by atoms with Gasteiger partial charge in [0.2, 0.25) is 11.8 Å². The number of amides is 2. The summed E-state index contributed by atoms with van der Waals surface area (Å²) in [5.74, 6) is 5.63. The fraction of sp³-hybridized carbons (Fsp3) is 0.294. The Balaban J connectivity index is 0.000000352. The summed E-state index contributed by atoms with van der Waals surface area (Å²) < 4.78 is 0. The van der Waals surface area contributed by atoms with E-state index in [0.717, 1.165) is 53.7 Å². The van der Waals surface area contributed by atoms with Crippen molar-refractivity contribution in [1.29, 1.82) is 0 Å². The first-order valence-corrected chi connectivity index (χ1v) is 14.2. The zero-order chi connectivity index (χ0) is 29.8. The Morgan fingerprint density at radius 2 is 1.73 bits per heavy atom. The second-order valence-corrected chi connectivity index (χ2v) is 10.3. The van der Waals surface area contributed by atoms with E-state index >= 15 is 0 Å². The summed E-state index contributed by atoms with van der Waals surface area (Å²) in [5, 5.41) is 2.95. The highest BCUT2D eigenvalue weighted by Gasteiger charge is 2.33. The molecular weight excluding hydrogens is 510 g/mol. The molecule has 3 aromatic rings. The zero-order valence-corrected chi connectivity index (χ0v) is 24.4. The van der Waals surface area contributed by atoms with Crippen LogP contribution in [-0.4, -0.2) is 17.9 Å². The van der Waals surface area contributed by atoms with Crippen LogP contribution in [-0.2, 0) is 16.0 Å². The van der Waals surface area contributed by atoms with Crippen molar-refractivity contribution >= 4 is 28.9 Å². The summed E-state index contributed by atoms with van der Waals surface area (Å²) in [6.07, 6.45) is 7.49. The molecule has 2 atom stereocenters. The Morgan fingerprint density at radius 1 is 1.05 bits per heavy atom. The molecule has 0 saturated heterocycles. The van der Waals surface area contributed by atoms with Gasteiger partial charge in [0.1, 0.15) is 0 Å². The Kier molecular flexibility index (Phi) is 11.7. The first-order valence-electron chi connectivity index (χ1n) is 14.2. The van der Waals surface area contributed by atoms with Crippen molar-refractivity contribution in [2.24, 2.45) is 17.5 Å². The summed E-state index contributed by atoms with van der Waals surface area (Å²) in [5.41, 5.74) is 14.9. The smallest absolute Gasteiger partial charge is 0.224 e. The number of unbranched alkanes of at least 4 members (excludes halogenated alkanes) is 1. The monoisotopic (exact) mass is 553 g/mol. The van der Waals surface area contributed by atoms with Crippen LogP contribution in [0.1, 0.15) is 57.6 Å². The number of rotatable bonds is 9. The van der Waals surface area contributed by atoms with Crippen molar-refractivity contribution in [1.82, 2.24) is 5.43 Å². The second-order valence-electron chi connectivity index (χ2n) is 10.3. The van der Waals surface area contributed by atoms with Crippen molar-refractivity contribution in [2.45, 2.75) is 58.9 Å². The summed E-state index contributed by atoms with van der Waals surface area (Å²) >= 11 is 0. The molecule has 0 saturated carbocycles. The van der Waals surface area contributed by atoms with Gasteiger partial charge in [0, 0.05) is 37.0 Å². The lowest BCUT2D eigenvalue weighted by atomic mass is 9.84. The number of hydrogen-bond donors (Lipinski definition) is 4. The van der Waals surface area contributed by atoms with Gasteiger partial charge in [-0.25, -0.2) is 0 Å². The van der Waals surface area contributed by atoms with Crippen LogP contribution in [0.2, 0.25) is 0 Å². The van der Waals surface area contributed by atoms with Crippen molar-refractivity contribution in [3.05, 3.63) is 103 Å². The maximum Gasteiger partial charge on any atom is 0.224 e. The van der Waals surface area contributed by atoms with E-state index in [-0.39, 0.29) is 17.9 Å². The molecule has 7 nitrogen and oxygen atoms in total. The molecule has 2 unspecified atom stereocenters. The molecule has 1 heterocycles. The molecule has 0 bridgehead atoms. The summed E-state index contributed by atoms with van der Waals surface area (Å²) in [6.45, 7) is 9.71. The molecule has 0 spiro atoms. The quantitative estimate of drug-likeness (QED) is 0.106. The fourth-order valence-corrected chi connectivity index (χ4v) is 5.25. The van der Waals surface area contributed by atoms with Crippen LogP contribution < -0.4 is 27.2 Å². The SMILES string of the molecule is C=CCCCC(=O)Nc1ccc(-c2ccc3c(c2)CC(C)C(CC)N3C(C)=O)cc1.NN/C=C(\N)c1ccccc1. The third-order valence-electron chi connectivity index (χ3n) is 7.29. The molecule has 0 radical (unpaired) electrons. The van der Waals surface area contributed by atoms with Crippen LogP contribution >= 0.6 is 0 Å². The van der Waals surface area contributed by atoms with E-state index < -0.39 is 0 Å². The molecule has 1 aliphatic rings. The minimum atomic E-state index is 0.0298. The standard InChI is InChI=1S/C26H32N2O2.C8H11N3/c1-5-7-8-9-26(30)27-23-13-10-20(11-14-23)21-12-15-25-22(17-21)16-18(3)24(6-2)28(25)19(4)29;9-8(6-11-10)7-4-2-1-3-5-7/h5,10-15,17-18,24H,1,6-9,16H2,2-4H3,(H,27,30);1-6,11H,9-10H2/b;8-6-. The molecular formula is C34H43N5O2. The number of nitrogens with two attached hydrogens (primary N) is 2. The van der Waals surface area contributed by atoms with E-state index in [0.29, 0.717) is 18.0 Å². The van der Waals surface area contributed by atoms with Crippen LogP contribution in [0.3, 0.4) is 0 Å². The Hall–Kier alpha value is -4.36. The number of benzene rings is 3. The molecule has 3 aromatic carbocycles. The Morgan fingerprint density at radius 3 is 2.34 bits per heavy atom. The van der Waals surface area contributed by atoms with Gasteiger partial charge in [0.15, 0.2) is 0 Å². The van der Waals surface area contributed by atoms with Crippen molar-refractivity contribution in [2.75, 3.05) is 10.2 Å². The van der Waals surface area contributed by atoms with Gasteiger partial charge in [-0.15, -0.1) is 6.58 Å². The molecule has 0 fully saturated rings. The highest BCUT2D eigenvalue weighted by Crippen LogP contribution is 2.37. The number of anilines is 2. The lowest BCUT2D eigenvalue weighted by molar-refractivity contribution is -0.117. The first kappa shape index (κ1) is 31.2. The number of carbonyl (C=O) groups excluding carboxylic acids is 2. The van der Waals surface area contributed by atoms with Gasteiger partial charge in [-0.1, -0.05) is 68.5 Å². The van der Waals surface area contributed by atoms with Crippen LogP contribution in [0.5, 0.6) is 0 Å². The van der Waals surface area contributed by atoms with Gasteiger partial charge in [-0.2, -0.15) is 0 Å². The van der Waals surface area contributed by atoms with Crippen LogP contribution in [0.25, 0.3) is 16.8 Å². The molecule has 7 heteroatoms. The molecule has 216 valence electrons. The summed E-state index contributed by atoms with van der Waals surface area (Å²) in [6, 6.07) is 24.2. The van der Waals surface area contributed by atoms with Gasteiger partial charge >= 0.3 is 0 Å². The average Bonchev–Trinajstić information content (AvgIpc) is 2.97. The number of fused-ring (bicyclic) bond motifs is 1. The molecule has 41 heavy (non-hydrogen) atoms. The number of hydrazine groups is 1. The summed E-state index contributed by atoms with van der Waals surface area (Å²) in [7, 11) is 0. The van der Waals surface area contributed by atoms with Crippen molar-refractivity contribution < 1.29 is 9.59 Å². The highest BCUT2D eigenvalue weighted by molar-refractivity contribution is 5.94. The number of hydrogen-bond acceptors (Lipinski definition) is 5. The van der Waals surface area contributed by atoms with E-state index in [1.54, 1.807) is 13.1 Å². The van der Waals surface area contributed by atoms with Crippen LogP contribution in [0.4, 0.5) is 11.4 Å². The van der Waals surface area contributed by atoms with Gasteiger partial charge < -0.3 is 21.4 Å². The molecule has 2 amide bonds. The predicted molar refractivity (Wildman–Crippen MR) is 171 cm³/mol. The first-order chi connectivity index (χ1) is 19.8. The Labute approximate surface area is 244 Å². The van der Waals surface area contributed by atoms with E-state index in [1.807, 2.05) is 65.6 Å². The minimum absolute atomic E-state index is 0.0298. The topological polar surface area (TPSA) is 113 Å². The zero-order valence-electron chi connectivity index (χ0n) is 24.4. The van der Waals surface area contributed by atoms with Gasteiger partial charge in [0.05, 0.1) is 5.70 Å². The van der Waals surface area contributed by atoms with Crippen molar-refractivity contribution in [3.8, 4) is 11.1 Å². The molecule has 0 aromatic heterocycles. The normalized spacial score (nSPS) is 16.1. The van der Waals surface area contributed by atoms with E-state index in [9.17, 15) is 9.59 Å². The number of nitrogens with one attached hydrogen (secondary N) is 2. The number of nitrogens with zero attached hydrogens (tertiary/aromatic N) is 1. The predicted octanol–water partition coefficient (Wildman–Crippen LogP) is 6.38. The molecule has 1 aliphatic heterocycles. The number of carbonyl (C=O) groups is 2. The van der Waals surface area contributed by atoms with Crippen LogP contribution in [0.15, 0.2) is 91.7 Å². The maximum atomic E-state index is 12.3. The van der Waals surface area contributed by atoms with Gasteiger partial charge in [-0.3, -0.25) is 15.4 Å². The fourth-order valence-electron chi connectivity index (χ4n) is 5.25. The van der Waals surface area contributed by atoms with Gasteiger partial charge in [-0.05, 0) is 78.1 Å². The van der Waals surface area contributed by atoms with E-state index in [4.69, 9.17) is 11.6 Å². The second kappa shape index (κ2) is 15.4. The van der Waals surface area contributed by atoms with Gasteiger partial charge in [0.25, 0.3) is 0 Å². The molecule has 0 aliphatic carbocycles. The largest absolute Gasteiger partial charge is 0.397 e. The van der Waals surface area contributed by atoms with E-state index in [1.165, 1.54) is 5.56 Å². The number of allylic oxidation sites excluding steroid dienone is 1. The maximum absolute atomic E-state index is 12.3. The minimum Gasteiger partial charge on any atom is -0.397 e. The third-order valence-corrected chi connectivity index (χ3v) is 7.29. The highest BCUT2D eigenvalue weighted by atomic mass is 16.2. The lowest BCUT2D eigenvalue weighted by Crippen LogP contribution is -2.46. The average molecular weight is 554 g/mol. The van der Waals surface area contributed by atoms with E-state index in [2.05, 4.69) is 49.4 Å². The third kappa shape index (κ3) is 8.56.